The average Bonchev–Trinajstić information content (AvgIpc) is 2.71. The molecule has 2 rings (SSSR count). The Morgan fingerprint density at radius 2 is 1.00 bits per heavy atom. The van der Waals surface area contributed by atoms with E-state index in [1.54, 1.807) is 6.92 Å². The van der Waals surface area contributed by atoms with Gasteiger partial charge in [-0.2, -0.15) is 13.2 Å². The van der Waals surface area contributed by atoms with Crippen molar-refractivity contribution in [2.45, 2.75) is 33.0 Å². The first-order valence-corrected chi connectivity index (χ1v) is 8.88. The minimum Gasteiger partial charge on any atom is -0.280 e. The summed E-state index contributed by atoms with van der Waals surface area (Å²) in [5.41, 5.74) is -6.96. The van der Waals surface area contributed by atoms with Gasteiger partial charge in [-0.3, -0.25) is 4.90 Å². The van der Waals surface area contributed by atoms with E-state index in [9.17, 15) is 52.7 Å². The molecule has 0 spiro atoms. The topological polar surface area (TPSA) is 3.24 Å². The Kier molecular flexibility index (Phi) is 7.30. The molecule has 0 aliphatic rings. The molecule has 0 heterocycles. The Balaban J connectivity index is 3.05. The van der Waals surface area contributed by atoms with Crippen LogP contribution in [-0.2, 0) is 0 Å². The standard InChI is InChI=1S/C19H13F12N/c1-3-4-6(2)5-32(19(29,30)31)18-8(11(22)14(25)16(27)17(18)28)7-9(20)12(23)15(26)13(24)10(7)21/h6H,3-5H2,1-2H3. The van der Waals surface area contributed by atoms with Gasteiger partial charge in [0.1, 0.15) is 0 Å². The van der Waals surface area contributed by atoms with Crippen molar-refractivity contribution in [2.75, 3.05) is 11.4 Å². The molecule has 0 saturated heterocycles. The number of rotatable bonds is 6. The predicted octanol–water partition coefficient (Wildman–Crippen LogP) is 7.37. The lowest BCUT2D eigenvalue weighted by molar-refractivity contribution is -0.131. The molecule has 1 unspecified atom stereocenters. The molecular formula is C19H13F12N. The largest absolute Gasteiger partial charge is 0.485 e. The van der Waals surface area contributed by atoms with Crippen LogP contribution in [0.4, 0.5) is 58.4 Å². The lowest BCUT2D eigenvalue weighted by Gasteiger charge is -2.32. The number of hydrogen-bond acceptors (Lipinski definition) is 1. The van der Waals surface area contributed by atoms with Gasteiger partial charge in [0.2, 0.25) is 5.82 Å². The van der Waals surface area contributed by atoms with E-state index in [1.165, 1.54) is 6.92 Å². The van der Waals surface area contributed by atoms with E-state index in [2.05, 4.69) is 0 Å². The predicted molar refractivity (Wildman–Crippen MR) is 89.0 cm³/mol. The second-order valence-electron chi connectivity index (χ2n) is 6.90. The van der Waals surface area contributed by atoms with Crippen molar-refractivity contribution < 1.29 is 52.7 Å². The van der Waals surface area contributed by atoms with Gasteiger partial charge in [0, 0.05) is 6.54 Å². The molecule has 0 aromatic heterocycles. The summed E-state index contributed by atoms with van der Waals surface area (Å²) >= 11 is 0. The van der Waals surface area contributed by atoms with Crippen molar-refractivity contribution in [3.8, 4) is 11.1 Å². The van der Waals surface area contributed by atoms with Crippen LogP contribution in [0.2, 0.25) is 0 Å². The SMILES string of the molecule is CCCC(C)CN(c1c(F)c(F)c(F)c(F)c1-c1c(F)c(F)c(F)c(F)c1F)C(F)(F)F. The van der Waals surface area contributed by atoms with Crippen molar-refractivity contribution in [3.05, 3.63) is 52.4 Å². The summed E-state index contributed by atoms with van der Waals surface area (Å²) in [5, 5.41) is 0. The molecule has 0 saturated carbocycles. The zero-order chi connectivity index (χ0) is 24.7. The van der Waals surface area contributed by atoms with Gasteiger partial charge in [0.05, 0.1) is 16.8 Å². The Bertz CT molecular complexity index is 1000. The third-order valence-corrected chi connectivity index (χ3v) is 4.55. The molecule has 178 valence electrons. The van der Waals surface area contributed by atoms with Gasteiger partial charge >= 0.3 is 6.30 Å². The molecule has 1 atom stereocenters. The number of alkyl halides is 3. The smallest absolute Gasteiger partial charge is 0.280 e. The van der Waals surface area contributed by atoms with Gasteiger partial charge in [-0.1, -0.05) is 20.3 Å². The van der Waals surface area contributed by atoms with Crippen LogP contribution in [0, 0.1) is 58.3 Å². The van der Waals surface area contributed by atoms with Crippen molar-refractivity contribution >= 4 is 5.69 Å². The highest BCUT2D eigenvalue weighted by Crippen LogP contribution is 2.45. The summed E-state index contributed by atoms with van der Waals surface area (Å²) in [5.74, 6) is -26.0. The molecule has 32 heavy (non-hydrogen) atoms. The Morgan fingerprint density at radius 3 is 1.41 bits per heavy atom. The number of nitrogens with zero attached hydrogens (tertiary/aromatic N) is 1. The van der Waals surface area contributed by atoms with Gasteiger partial charge < -0.3 is 0 Å². The van der Waals surface area contributed by atoms with E-state index in [0.717, 1.165) is 0 Å². The maximum Gasteiger partial charge on any atom is 0.485 e. The van der Waals surface area contributed by atoms with Crippen LogP contribution < -0.4 is 4.90 Å². The van der Waals surface area contributed by atoms with Crippen LogP contribution in [0.15, 0.2) is 0 Å². The summed E-state index contributed by atoms with van der Waals surface area (Å²) in [7, 11) is 0. The second kappa shape index (κ2) is 9.10. The highest BCUT2D eigenvalue weighted by Gasteiger charge is 2.44. The van der Waals surface area contributed by atoms with Gasteiger partial charge in [0.25, 0.3) is 0 Å². The average molecular weight is 483 g/mol. The first kappa shape index (κ1) is 25.7. The molecule has 2 aromatic rings. The van der Waals surface area contributed by atoms with Gasteiger partial charge in [-0.15, -0.1) is 0 Å². The fourth-order valence-corrected chi connectivity index (χ4v) is 3.14. The van der Waals surface area contributed by atoms with E-state index in [-0.39, 0.29) is 6.42 Å². The monoisotopic (exact) mass is 483 g/mol. The molecule has 0 aliphatic heterocycles. The van der Waals surface area contributed by atoms with Crippen molar-refractivity contribution in [3.63, 3.8) is 0 Å². The van der Waals surface area contributed by atoms with Gasteiger partial charge in [0.15, 0.2) is 46.5 Å². The highest BCUT2D eigenvalue weighted by atomic mass is 19.4. The Morgan fingerprint density at radius 1 is 0.625 bits per heavy atom. The molecule has 0 bridgehead atoms. The zero-order valence-electron chi connectivity index (χ0n) is 16.2. The van der Waals surface area contributed by atoms with Crippen LogP contribution >= 0.6 is 0 Å². The van der Waals surface area contributed by atoms with E-state index < -0.39 is 92.8 Å². The molecule has 0 radical (unpaired) electrons. The van der Waals surface area contributed by atoms with Crippen LogP contribution in [0.25, 0.3) is 11.1 Å². The minimum atomic E-state index is -5.65. The van der Waals surface area contributed by atoms with Crippen LogP contribution in [0.1, 0.15) is 26.7 Å². The first-order chi connectivity index (χ1) is 14.7. The molecule has 0 fully saturated rings. The van der Waals surface area contributed by atoms with Crippen LogP contribution in [0.3, 0.4) is 0 Å². The third-order valence-electron chi connectivity index (χ3n) is 4.55. The summed E-state index contributed by atoms with van der Waals surface area (Å²) in [4.78, 5) is -0.971. The van der Waals surface area contributed by atoms with E-state index in [0.29, 0.717) is 6.42 Å². The maximum absolute atomic E-state index is 14.5. The lowest BCUT2D eigenvalue weighted by atomic mass is 9.97. The van der Waals surface area contributed by atoms with Crippen LogP contribution in [-0.4, -0.2) is 12.8 Å². The molecule has 13 heteroatoms. The Labute approximate surface area is 173 Å². The van der Waals surface area contributed by atoms with Crippen molar-refractivity contribution in [1.82, 2.24) is 0 Å². The van der Waals surface area contributed by atoms with E-state index >= 15 is 0 Å². The molecule has 0 aliphatic carbocycles. The normalized spacial score (nSPS) is 12.9. The van der Waals surface area contributed by atoms with Gasteiger partial charge in [-0.05, 0) is 12.3 Å². The maximum atomic E-state index is 14.5. The summed E-state index contributed by atoms with van der Waals surface area (Å²) < 4.78 is 167. The molecule has 0 N–H and O–H groups in total. The first-order valence-electron chi connectivity index (χ1n) is 8.88. The number of halogens is 12. The fourth-order valence-electron chi connectivity index (χ4n) is 3.14. The molecule has 0 amide bonds. The highest BCUT2D eigenvalue weighted by molar-refractivity contribution is 5.81. The van der Waals surface area contributed by atoms with Crippen LogP contribution in [0.5, 0.6) is 0 Å². The lowest BCUT2D eigenvalue weighted by Crippen LogP contribution is -2.42. The quantitative estimate of drug-likeness (QED) is 0.180. The Hall–Kier alpha value is -2.60. The number of benzene rings is 2. The summed E-state index contributed by atoms with van der Waals surface area (Å²) in [6.45, 7) is 1.54. The second-order valence-corrected chi connectivity index (χ2v) is 6.90. The molecule has 2 aromatic carbocycles. The van der Waals surface area contributed by atoms with Crippen molar-refractivity contribution in [2.24, 2.45) is 5.92 Å². The summed E-state index contributed by atoms with van der Waals surface area (Å²) in [6.07, 6.45) is -5.28. The third kappa shape index (κ3) is 4.33. The molecular weight excluding hydrogens is 470 g/mol. The fraction of sp³-hybridized carbons (Fsp3) is 0.368. The summed E-state index contributed by atoms with van der Waals surface area (Å²) in [6, 6.07) is 0. The van der Waals surface area contributed by atoms with E-state index in [1.807, 2.05) is 0 Å². The minimum absolute atomic E-state index is 0.0677. The number of anilines is 1. The van der Waals surface area contributed by atoms with Crippen molar-refractivity contribution in [1.29, 1.82) is 0 Å². The van der Waals surface area contributed by atoms with E-state index in [4.69, 9.17) is 0 Å². The number of hydrogen-bond donors (Lipinski definition) is 0. The zero-order valence-corrected chi connectivity index (χ0v) is 16.2. The van der Waals surface area contributed by atoms with Gasteiger partial charge in [-0.25, -0.2) is 39.5 Å². The molecule has 1 nitrogen and oxygen atoms in total.